The fourth-order valence-corrected chi connectivity index (χ4v) is 2.15. The molecule has 4 heteroatoms. The Hall–Kier alpha value is -0.250. The van der Waals surface area contributed by atoms with Gasteiger partial charge >= 0.3 is 0 Å². The van der Waals surface area contributed by atoms with Crippen molar-refractivity contribution in [3.05, 3.63) is 27.7 Å². The molecule has 2 nitrogen and oxygen atoms in total. The molecule has 1 fully saturated rings. The molecule has 1 aliphatic rings. The zero-order valence-electron chi connectivity index (χ0n) is 8.47. The minimum Gasteiger partial charge on any atom is -0.380 e. The van der Waals surface area contributed by atoms with Gasteiger partial charge in [-0.15, -0.1) is 0 Å². The van der Waals surface area contributed by atoms with Crippen molar-refractivity contribution in [2.45, 2.75) is 25.5 Å². The highest BCUT2D eigenvalue weighted by molar-refractivity contribution is 9.10. The largest absolute Gasteiger partial charge is 0.380 e. The third-order valence-electron chi connectivity index (χ3n) is 2.65. The van der Waals surface area contributed by atoms with Crippen molar-refractivity contribution in [3.63, 3.8) is 0 Å². The Balaban J connectivity index is 2.07. The fourth-order valence-electron chi connectivity index (χ4n) is 1.72. The molecule has 0 spiro atoms. The van der Waals surface area contributed by atoms with E-state index >= 15 is 0 Å². The summed E-state index contributed by atoms with van der Waals surface area (Å²) in [6, 6.07) is 6.28. The quantitative estimate of drug-likeness (QED) is 0.897. The number of halogens is 2. The van der Waals surface area contributed by atoms with Gasteiger partial charge in [-0.25, -0.2) is 0 Å². The first kappa shape index (κ1) is 11.2. The van der Waals surface area contributed by atoms with Gasteiger partial charge in [-0.05, 0) is 47.5 Å². The molecular formula is C11H13BrClNO. The molecule has 0 saturated carbocycles. The van der Waals surface area contributed by atoms with Crippen LogP contribution in [0.4, 0.5) is 5.69 Å². The third kappa shape index (κ3) is 2.65. The minimum absolute atomic E-state index is 0.271. The zero-order chi connectivity index (χ0) is 10.8. The van der Waals surface area contributed by atoms with Crippen LogP contribution in [-0.4, -0.2) is 18.8 Å². The highest BCUT2D eigenvalue weighted by Crippen LogP contribution is 2.27. The van der Waals surface area contributed by atoms with Gasteiger partial charge < -0.3 is 10.1 Å². The summed E-state index contributed by atoms with van der Waals surface area (Å²) in [4.78, 5) is 0. The van der Waals surface area contributed by atoms with Crippen LogP contribution in [-0.2, 0) is 4.74 Å². The Labute approximate surface area is 103 Å². The van der Waals surface area contributed by atoms with Crippen molar-refractivity contribution in [1.29, 1.82) is 0 Å². The van der Waals surface area contributed by atoms with Gasteiger partial charge in [0, 0.05) is 16.8 Å². The molecule has 1 aromatic rings. The van der Waals surface area contributed by atoms with Crippen LogP contribution >= 0.6 is 27.5 Å². The molecule has 1 heterocycles. The van der Waals surface area contributed by atoms with E-state index in [1.54, 1.807) is 0 Å². The van der Waals surface area contributed by atoms with Crippen molar-refractivity contribution < 1.29 is 4.74 Å². The van der Waals surface area contributed by atoms with Crippen LogP contribution in [0, 0.1) is 0 Å². The van der Waals surface area contributed by atoms with E-state index < -0.39 is 0 Å². The van der Waals surface area contributed by atoms with Crippen molar-refractivity contribution in [3.8, 4) is 0 Å². The maximum Gasteiger partial charge on any atom is 0.0748 e. The molecule has 1 saturated heterocycles. The molecule has 1 N–H and O–H groups in total. The Morgan fingerprint density at radius 1 is 1.53 bits per heavy atom. The van der Waals surface area contributed by atoms with Crippen LogP contribution in [0.5, 0.6) is 0 Å². The average molecular weight is 291 g/mol. The maximum absolute atomic E-state index is 6.02. The summed E-state index contributed by atoms with van der Waals surface area (Å²) in [5.41, 5.74) is 1.05. The second kappa shape index (κ2) is 4.73. The van der Waals surface area contributed by atoms with Crippen LogP contribution in [0.25, 0.3) is 0 Å². The number of benzene rings is 1. The normalized spacial score (nSPS) is 25.5. The molecule has 2 unspecified atom stereocenters. The van der Waals surface area contributed by atoms with Gasteiger partial charge in [-0.3, -0.25) is 0 Å². The van der Waals surface area contributed by atoms with E-state index in [0.29, 0.717) is 6.04 Å². The molecule has 2 atom stereocenters. The van der Waals surface area contributed by atoms with Gasteiger partial charge in [0.1, 0.15) is 0 Å². The van der Waals surface area contributed by atoms with Gasteiger partial charge in [0.2, 0.25) is 0 Å². The van der Waals surface area contributed by atoms with Crippen molar-refractivity contribution in [2.24, 2.45) is 0 Å². The van der Waals surface area contributed by atoms with Gasteiger partial charge in [-0.1, -0.05) is 11.6 Å². The minimum atomic E-state index is 0.271. The second-order valence-corrected chi connectivity index (χ2v) is 5.01. The molecule has 1 aliphatic heterocycles. The number of rotatable bonds is 2. The van der Waals surface area contributed by atoms with E-state index in [2.05, 4.69) is 28.2 Å². The number of hydrogen-bond acceptors (Lipinski definition) is 2. The summed E-state index contributed by atoms with van der Waals surface area (Å²) in [6.07, 6.45) is 1.32. The summed E-state index contributed by atoms with van der Waals surface area (Å²) in [5, 5.41) is 4.16. The molecule has 0 aliphatic carbocycles. The summed E-state index contributed by atoms with van der Waals surface area (Å²) in [5.74, 6) is 0. The first-order chi connectivity index (χ1) is 7.16. The summed E-state index contributed by atoms with van der Waals surface area (Å²) in [6.45, 7) is 2.92. The molecule has 0 amide bonds. The Kier molecular flexibility index (Phi) is 3.54. The number of ether oxygens (including phenoxy) is 1. The number of nitrogens with one attached hydrogen (secondary N) is 1. The first-order valence-corrected chi connectivity index (χ1v) is 6.17. The SMILES string of the molecule is CC1OCCC1Nc1ccc(Br)c(Cl)c1. The second-order valence-electron chi connectivity index (χ2n) is 3.74. The third-order valence-corrected chi connectivity index (χ3v) is 3.88. The Bertz CT molecular complexity index is 358. The molecule has 15 heavy (non-hydrogen) atoms. The predicted octanol–water partition coefficient (Wildman–Crippen LogP) is 3.69. The van der Waals surface area contributed by atoms with Gasteiger partial charge in [0.05, 0.1) is 17.2 Å². The van der Waals surface area contributed by atoms with E-state index in [1.807, 2.05) is 18.2 Å². The molecular weight excluding hydrogens is 277 g/mol. The topological polar surface area (TPSA) is 21.3 Å². The fraction of sp³-hybridized carbons (Fsp3) is 0.455. The lowest BCUT2D eigenvalue weighted by Gasteiger charge is -2.17. The highest BCUT2D eigenvalue weighted by atomic mass is 79.9. The van der Waals surface area contributed by atoms with Crippen molar-refractivity contribution >= 4 is 33.2 Å². The van der Waals surface area contributed by atoms with Crippen molar-refractivity contribution in [2.75, 3.05) is 11.9 Å². The van der Waals surface area contributed by atoms with E-state index in [4.69, 9.17) is 16.3 Å². The van der Waals surface area contributed by atoms with Crippen LogP contribution < -0.4 is 5.32 Å². The number of hydrogen-bond donors (Lipinski definition) is 1. The first-order valence-electron chi connectivity index (χ1n) is 5.00. The Morgan fingerprint density at radius 2 is 2.33 bits per heavy atom. The summed E-state index contributed by atoms with van der Waals surface area (Å²) in [7, 11) is 0. The monoisotopic (exact) mass is 289 g/mol. The highest BCUT2D eigenvalue weighted by Gasteiger charge is 2.23. The van der Waals surface area contributed by atoms with E-state index in [1.165, 1.54) is 0 Å². The average Bonchev–Trinajstić information content (AvgIpc) is 2.59. The number of anilines is 1. The van der Waals surface area contributed by atoms with Gasteiger partial charge in [-0.2, -0.15) is 0 Å². The lowest BCUT2D eigenvalue weighted by atomic mass is 10.1. The Morgan fingerprint density at radius 3 is 2.93 bits per heavy atom. The van der Waals surface area contributed by atoms with Crippen LogP contribution in [0.2, 0.25) is 5.02 Å². The van der Waals surface area contributed by atoms with Gasteiger partial charge in [0.25, 0.3) is 0 Å². The predicted molar refractivity (Wildman–Crippen MR) is 66.6 cm³/mol. The maximum atomic E-state index is 6.02. The summed E-state index contributed by atoms with van der Waals surface area (Å²) < 4.78 is 6.41. The lowest BCUT2D eigenvalue weighted by Crippen LogP contribution is -2.26. The van der Waals surface area contributed by atoms with Crippen LogP contribution in [0.1, 0.15) is 13.3 Å². The molecule has 0 radical (unpaired) electrons. The smallest absolute Gasteiger partial charge is 0.0748 e. The zero-order valence-corrected chi connectivity index (χ0v) is 10.8. The molecule has 0 aromatic heterocycles. The van der Waals surface area contributed by atoms with Crippen LogP contribution in [0.3, 0.4) is 0 Å². The van der Waals surface area contributed by atoms with E-state index in [-0.39, 0.29) is 6.10 Å². The standard InChI is InChI=1S/C11H13BrClNO/c1-7-11(4-5-15-7)14-8-2-3-9(12)10(13)6-8/h2-3,6-7,11,14H,4-5H2,1H3. The molecule has 0 bridgehead atoms. The van der Waals surface area contributed by atoms with E-state index in [9.17, 15) is 0 Å². The van der Waals surface area contributed by atoms with E-state index in [0.717, 1.165) is 28.2 Å². The van der Waals surface area contributed by atoms with Crippen molar-refractivity contribution in [1.82, 2.24) is 0 Å². The lowest BCUT2D eigenvalue weighted by molar-refractivity contribution is 0.121. The summed E-state index contributed by atoms with van der Waals surface area (Å²) >= 11 is 9.39. The van der Waals surface area contributed by atoms with Crippen LogP contribution in [0.15, 0.2) is 22.7 Å². The molecule has 1 aromatic carbocycles. The molecule has 2 rings (SSSR count). The molecule has 82 valence electrons. The van der Waals surface area contributed by atoms with Gasteiger partial charge in [0.15, 0.2) is 0 Å².